The zero-order valence-electron chi connectivity index (χ0n) is 7.77. The van der Waals surface area contributed by atoms with Crippen molar-refractivity contribution in [1.82, 2.24) is 0 Å². The quantitative estimate of drug-likeness (QED) is 0.732. The molecule has 0 bridgehead atoms. The van der Waals surface area contributed by atoms with Crippen LogP contribution in [0.3, 0.4) is 0 Å². The zero-order valence-corrected chi connectivity index (χ0v) is 9.36. The van der Waals surface area contributed by atoms with Crippen LogP contribution in [0.5, 0.6) is 5.75 Å². The summed E-state index contributed by atoms with van der Waals surface area (Å²) in [5.41, 5.74) is 2.68. The maximum Gasteiger partial charge on any atom is 0.123 e. The fraction of sp³-hybridized carbons (Fsp3) is 0.455. The molecule has 0 amide bonds. The lowest BCUT2D eigenvalue weighted by molar-refractivity contribution is 0.287. The molecule has 0 aliphatic carbocycles. The maximum atomic E-state index is 5.62. The van der Waals surface area contributed by atoms with E-state index in [1.807, 2.05) is 0 Å². The van der Waals surface area contributed by atoms with Crippen LogP contribution in [-0.4, -0.2) is 6.61 Å². The number of halogens is 1. The smallest absolute Gasteiger partial charge is 0.123 e. The third kappa shape index (κ3) is 1.73. The molecule has 0 fully saturated rings. The van der Waals surface area contributed by atoms with Crippen molar-refractivity contribution in [3.63, 3.8) is 0 Å². The molecular formula is C11H13BrO. The molecule has 0 N–H and O–H groups in total. The molecule has 1 heterocycles. The summed E-state index contributed by atoms with van der Waals surface area (Å²) in [4.78, 5) is 0. The first-order valence-electron chi connectivity index (χ1n) is 4.75. The van der Waals surface area contributed by atoms with E-state index < -0.39 is 0 Å². The maximum absolute atomic E-state index is 5.62. The highest BCUT2D eigenvalue weighted by Crippen LogP contribution is 2.32. The molecule has 0 spiro atoms. The van der Waals surface area contributed by atoms with Crippen molar-refractivity contribution in [2.75, 3.05) is 6.61 Å². The highest BCUT2D eigenvalue weighted by Gasteiger charge is 2.13. The van der Waals surface area contributed by atoms with Crippen LogP contribution in [0.1, 0.15) is 24.5 Å². The second kappa shape index (κ2) is 3.70. The Balaban J connectivity index is 2.47. The van der Waals surface area contributed by atoms with E-state index in [1.54, 1.807) is 0 Å². The van der Waals surface area contributed by atoms with Crippen molar-refractivity contribution in [3.8, 4) is 5.75 Å². The summed E-state index contributed by atoms with van der Waals surface area (Å²) in [6.45, 7) is 3.03. The second-order valence-corrected chi connectivity index (χ2v) is 4.21. The second-order valence-electron chi connectivity index (χ2n) is 3.36. The molecule has 1 aliphatic heterocycles. The summed E-state index contributed by atoms with van der Waals surface area (Å²) in [5, 5.41) is 0. The Morgan fingerprint density at radius 1 is 1.46 bits per heavy atom. The first kappa shape index (κ1) is 9.07. The lowest BCUT2D eigenvalue weighted by Gasteiger charge is -2.19. The number of hydrogen-bond acceptors (Lipinski definition) is 1. The largest absolute Gasteiger partial charge is 0.493 e. The molecule has 0 unspecified atom stereocenters. The third-order valence-corrected chi connectivity index (χ3v) is 3.16. The molecule has 2 rings (SSSR count). The lowest BCUT2D eigenvalue weighted by atomic mass is 10.0. The Hall–Kier alpha value is -0.500. The minimum Gasteiger partial charge on any atom is -0.493 e. The highest BCUT2D eigenvalue weighted by atomic mass is 79.9. The normalized spacial score (nSPS) is 14.9. The monoisotopic (exact) mass is 240 g/mol. The van der Waals surface area contributed by atoms with E-state index in [-0.39, 0.29) is 0 Å². The van der Waals surface area contributed by atoms with Gasteiger partial charge in [0.15, 0.2) is 0 Å². The van der Waals surface area contributed by atoms with Crippen LogP contribution in [0.2, 0.25) is 0 Å². The van der Waals surface area contributed by atoms with Gasteiger partial charge in [0, 0.05) is 10.0 Å². The fourth-order valence-corrected chi connectivity index (χ4v) is 2.36. The van der Waals surface area contributed by atoms with E-state index >= 15 is 0 Å². The minimum atomic E-state index is 0.868. The average molecular weight is 241 g/mol. The first-order chi connectivity index (χ1) is 6.31. The molecular weight excluding hydrogens is 228 g/mol. The van der Waals surface area contributed by atoms with Gasteiger partial charge in [-0.3, -0.25) is 0 Å². The average Bonchev–Trinajstić information content (AvgIpc) is 2.18. The number of ether oxygens (including phenoxy) is 1. The van der Waals surface area contributed by atoms with Gasteiger partial charge in [-0.05, 0) is 37.0 Å². The van der Waals surface area contributed by atoms with Gasteiger partial charge in [0.25, 0.3) is 0 Å². The van der Waals surface area contributed by atoms with E-state index in [0.717, 1.165) is 31.6 Å². The molecule has 1 aromatic rings. The van der Waals surface area contributed by atoms with Crippen molar-refractivity contribution >= 4 is 15.9 Å². The van der Waals surface area contributed by atoms with Crippen LogP contribution in [0, 0.1) is 0 Å². The van der Waals surface area contributed by atoms with Crippen LogP contribution < -0.4 is 4.74 Å². The molecule has 1 aliphatic rings. The van der Waals surface area contributed by atoms with E-state index in [0.29, 0.717) is 0 Å². The summed E-state index contributed by atoms with van der Waals surface area (Å²) in [6.07, 6.45) is 3.34. The topological polar surface area (TPSA) is 9.23 Å². The number of benzene rings is 1. The Kier molecular flexibility index (Phi) is 2.58. The van der Waals surface area contributed by atoms with Gasteiger partial charge < -0.3 is 4.74 Å². The van der Waals surface area contributed by atoms with E-state index in [1.165, 1.54) is 15.6 Å². The van der Waals surface area contributed by atoms with Crippen molar-refractivity contribution < 1.29 is 4.74 Å². The van der Waals surface area contributed by atoms with Gasteiger partial charge in [0.05, 0.1) is 6.61 Å². The molecule has 70 valence electrons. The van der Waals surface area contributed by atoms with Crippen LogP contribution in [0.25, 0.3) is 0 Å². The molecule has 1 nitrogen and oxygen atoms in total. The van der Waals surface area contributed by atoms with Gasteiger partial charge in [-0.2, -0.15) is 0 Å². The summed E-state index contributed by atoms with van der Waals surface area (Å²) in [6, 6.07) is 4.37. The van der Waals surface area contributed by atoms with Gasteiger partial charge >= 0.3 is 0 Å². The molecule has 0 saturated carbocycles. The Bertz CT molecular complexity index is 320. The molecule has 13 heavy (non-hydrogen) atoms. The summed E-state index contributed by atoms with van der Waals surface area (Å²) in [5.74, 6) is 1.08. The van der Waals surface area contributed by atoms with Gasteiger partial charge in [0.1, 0.15) is 5.75 Å². The van der Waals surface area contributed by atoms with Crippen molar-refractivity contribution in [1.29, 1.82) is 0 Å². The Morgan fingerprint density at radius 3 is 3.08 bits per heavy atom. The standard InChI is InChI=1S/C11H13BrO/c1-2-8-6-10(12)9-4-3-5-13-11(9)7-8/h6-7H,2-5H2,1H3. The van der Waals surface area contributed by atoms with Crippen LogP contribution >= 0.6 is 15.9 Å². The van der Waals surface area contributed by atoms with Gasteiger partial charge in [-0.15, -0.1) is 0 Å². The summed E-state index contributed by atoms with van der Waals surface area (Å²) in [7, 11) is 0. The van der Waals surface area contributed by atoms with Crippen LogP contribution in [0.15, 0.2) is 16.6 Å². The molecule has 0 atom stereocenters. The SMILES string of the molecule is CCc1cc(Br)c2c(c1)OCCC2. The van der Waals surface area contributed by atoms with Gasteiger partial charge in [0.2, 0.25) is 0 Å². The van der Waals surface area contributed by atoms with Crippen molar-refractivity contribution in [3.05, 3.63) is 27.7 Å². The number of hydrogen-bond donors (Lipinski definition) is 0. The van der Waals surface area contributed by atoms with Crippen LogP contribution in [-0.2, 0) is 12.8 Å². The molecule has 0 saturated heterocycles. The van der Waals surface area contributed by atoms with E-state index in [9.17, 15) is 0 Å². The summed E-state index contributed by atoms with van der Waals surface area (Å²) < 4.78 is 6.83. The van der Waals surface area contributed by atoms with Gasteiger partial charge in [-0.1, -0.05) is 22.9 Å². The predicted octanol–water partition coefficient (Wildman–Crippen LogP) is 3.34. The number of aryl methyl sites for hydroxylation is 1. The van der Waals surface area contributed by atoms with E-state index in [4.69, 9.17) is 4.74 Å². The summed E-state index contributed by atoms with van der Waals surface area (Å²) >= 11 is 3.59. The molecule has 0 radical (unpaired) electrons. The van der Waals surface area contributed by atoms with Crippen molar-refractivity contribution in [2.45, 2.75) is 26.2 Å². The number of fused-ring (bicyclic) bond motifs is 1. The van der Waals surface area contributed by atoms with Gasteiger partial charge in [-0.25, -0.2) is 0 Å². The van der Waals surface area contributed by atoms with Crippen LogP contribution in [0.4, 0.5) is 0 Å². The zero-order chi connectivity index (χ0) is 9.26. The molecule has 2 heteroatoms. The highest BCUT2D eigenvalue weighted by molar-refractivity contribution is 9.10. The first-order valence-corrected chi connectivity index (χ1v) is 5.54. The fourth-order valence-electron chi connectivity index (χ4n) is 1.67. The van der Waals surface area contributed by atoms with E-state index in [2.05, 4.69) is 35.0 Å². The molecule has 0 aromatic heterocycles. The Morgan fingerprint density at radius 2 is 2.31 bits per heavy atom. The third-order valence-electron chi connectivity index (χ3n) is 2.45. The number of rotatable bonds is 1. The minimum absolute atomic E-state index is 0.868. The Labute approximate surface area is 87.2 Å². The molecule has 1 aromatic carbocycles. The lowest BCUT2D eigenvalue weighted by Crippen LogP contribution is -2.09. The predicted molar refractivity (Wildman–Crippen MR) is 57.3 cm³/mol. The van der Waals surface area contributed by atoms with Crippen molar-refractivity contribution in [2.24, 2.45) is 0 Å².